The van der Waals surface area contributed by atoms with Crippen molar-refractivity contribution in [2.24, 2.45) is 5.92 Å². The molecule has 0 amide bonds. The first-order valence-corrected chi connectivity index (χ1v) is 7.58. The fourth-order valence-corrected chi connectivity index (χ4v) is 3.01. The molecule has 1 N–H and O–H groups in total. The number of nitrogens with one attached hydrogen (secondary N) is 1. The molecule has 1 aliphatic heterocycles. The molecule has 6 heteroatoms. The third kappa shape index (κ3) is 2.95. The van der Waals surface area contributed by atoms with Crippen LogP contribution in [0.25, 0.3) is 5.65 Å². The highest BCUT2D eigenvalue weighted by Gasteiger charge is 2.20. The number of hydrogen-bond acceptors (Lipinski definition) is 5. The van der Waals surface area contributed by atoms with E-state index in [1.165, 1.54) is 25.9 Å². The van der Waals surface area contributed by atoms with Crippen LogP contribution in [0.1, 0.15) is 12.8 Å². The van der Waals surface area contributed by atoms with Crippen molar-refractivity contribution in [2.45, 2.75) is 12.8 Å². The van der Waals surface area contributed by atoms with Crippen molar-refractivity contribution in [2.75, 3.05) is 51.0 Å². The van der Waals surface area contributed by atoms with Crippen molar-refractivity contribution in [3.8, 4) is 0 Å². The van der Waals surface area contributed by atoms with Crippen LogP contribution in [0.2, 0.25) is 0 Å². The Morgan fingerprint density at radius 2 is 2.14 bits per heavy atom. The van der Waals surface area contributed by atoms with Crippen LogP contribution in [0.5, 0.6) is 0 Å². The molecular weight excluding hydrogens is 264 g/mol. The van der Waals surface area contributed by atoms with Crippen molar-refractivity contribution in [3.63, 3.8) is 0 Å². The largest absolute Gasteiger partial charge is 0.372 e. The van der Waals surface area contributed by atoms with Gasteiger partial charge < -0.3 is 19.5 Å². The predicted octanol–water partition coefficient (Wildman–Crippen LogP) is 1.55. The first kappa shape index (κ1) is 14.1. The SMILES string of the molecule is CNc1cn2ccnc2c(N(C)CC2CCN(C)CC2)n1. The van der Waals surface area contributed by atoms with Crippen molar-refractivity contribution in [1.82, 2.24) is 19.3 Å². The number of piperidine rings is 1. The van der Waals surface area contributed by atoms with E-state index < -0.39 is 0 Å². The van der Waals surface area contributed by atoms with Crippen LogP contribution in [-0.4, -0.2) is 60.0 Å². The van der Waals surface area contributed by atoms with E-state index in [9.17, 15) is 0 Å². The van der Waals surface area contributed by atoms with Crippen LogP contribution < -0.4 is 10.2 Å². The molecule has 3 rings (SSSR count). The van der Waals surface area contributed by atoms with Gasteiger partial charge in [0.05, 0.1) is 6.20 Å². The number of aromatic nitrogens is 3. The number of likely N-dealkylation sites (tertiary alicyclic amines) is 1. The van der Waals surface area contributed by atoms with Crippen LogP contribution in [0.4, 0.5) is 11.6 Å². The molecule has 0 saturated carbocycles. The standard InChI is InChI=1S/C15H24N6/c1-16-13-11-21-9-6-17-14(21)15(18-13)20(3)10-12-4-7-19(2)8-5-12/h6,9,11-12,16H,4-5,7-8,10H2,1-3H3. The van der Waals surface area contributed by atoms with Crippen LogP contribution in [0, 0.1) is 5.92 Å². The molecule has 2 aromatic heterocycles. The second kappa shape index (κ2) is 5.89. The van der Waals surface area contributed by atoms with Crippen molar-refractivity contribution >= 4 is 17.3 Å². The minimum atomic E-state index is 0.737. The van der Waals surface area contributed by atoms with Crippen LogP contribution >= 0.6 is 0 Å². The quantitative estimate of drug-likeness (QED) is 0.925. The zero-order chi connectivity index (χ0) is 14.8. The minimum Gasteiger partial charge on any atom is -0.372 e. The molecule has 0 bridgehead atoms. The molecule has 21 heavy (non-hydrogen) atoms. The summed E-state index contributed by atoms with van der Waals surface area (Å²) in [4.78, 5) is 13.8. The molecule has 1 saturated heterocycles. The first-order valence-electron chi connectivity index (χ1n) is 7.58. The van der Waals surface area contributed by atoms with Crippen molar-refractivity contribution < 1.29 is 0 Å². The maximum atomic E-state index is 4.69. The van der Waals surface area contributed by atoms with E-state index in [2.05, 4.69) is 34.2 Å². The third-order valence-electron chi connectivity index (χ3n) is 4.34. The van der Waals surface area contributed by atoms with Gasteiger partial charge in [0.25, 0.3) is 0 Å². The van der Waals surface area contributed by atoms with Gasteiger partial charge in [0.1, 0.15) is 5.82 Å². The third-order valence-corrected chi connectivity index (χ3v) is 4.34. The lowest BCUT2D eigenvalue weighted by molar-refractivity contribution is 0.222. The fourth-order valence-electron chi connectivity index (χ4n) is 3.01. The van der Waals surface area contributed by atoms with E-state index in [-0.39, 0.29) is 0 Å². The van der Waals surface area contributed by atoms with E-state index in [1.54, 1.807) is 0 Å². The molecule has 0 unspecified atom stereocenters. The molecule has 1 fully saturated rings. The number of rotatable bonds is 4. The Hall–Kier alpha value is -1.82. The van der Waals surface area contributed by atoms with Gasteiger partial charge in [-0.05, 0) is 38.9 Å². The summed E-state index contributed by atoms with van der Waals surface area (Å²) in [6.45, 7) is 3.43. The Labute approximate surface area is 125 Å². The lowest BCUT2D eigenvalue weighted by atomic mass is 9.97. The second-order valence-corrected chi connectivity index (χ2v) is 5.99. The first-order chi connectivity index (χ1) is 10.2. The molecule has 0 spiro atoms. The van der Waals surface area contributed by atoms with Gasteiger partial charge in [0.15, 0.2) is 11.5 Å². The van der Waals surface area contributed by atoms with E-state index in [4.69, 9.17) is 4.98 Å². The number of fused-ring (bicyclic) bond motifs is 1. The van der Waals surface area contributed by atoms with E-state index in [1.807, 2.05) is 30.0 Å². The molecule has 3 heterocycles. The normalized spacial score (nSPS) is 17.3. The van der Waals surface area contributed by atoms with Gasteiger partial charge >= 0.3 is 0 Å². The Balaban J connectivity index is 1.80. The number of hydrogen-bond donors (Lipinski definition) is 1. The zero-order valence-corrected chi connectivity index (χ0v) is 13.1. The topological polar surface area (TPSA) is 48.7 Å². The Morgan fingerprint density at radius 1 is 1.38 bits per heavy atom. The molecule has 1 aliphatic rings. The maximum absolute atomic E-state index is 4.69. The smallest absolute Gasteiger partial charge is 0.180 e. The van der Waals surface area contributed by atoms with Crippen LogP contribution in [0.15, 0.2) is 18.6 Å². The maximum Gasteiger partial charge on any atom is 0.180 e. The Morgan fingerprint density at radius 3 is 2.86 bits per heavy atom. The van der Waals surface area contributed by atoms with Gasteiger partial charge in [-0.2, -0.15) is 0 Å². The minimum absolute atomic E-state index is 0.737. The Kier molecular flexibility index (Phi) is 3.96. The molecule has 6 nitrogen and oxygen atoms in total. The van der Waals surface area contributed by atoms with Gasteiger partial charge in [0.2, 0.25) is 0 Å². The number of anilines is 2. The highest BCUT2D eigenvalue weighted by molar-refractivity contribution is 5.66. The summed E-state index contributed by atoms with van der Waals surface area (Å²) in [5.41, 5.74) is 0.921. The van der Waals surface area contributed by atoms with E-state index >= 15 is 0 Å². The molecule has 114 valence electrons. The van der Waals surface area contributed by atoms with E-state index in [0.717, 1.165) is 29.7 Å². The number of imidazole rings is 1. The van der Waals surface area contributed by atoms with Crippen molar-refractivity contribution in [1.29, 1.82) is 0 Å². The summed E-state index contributed by atoms with van der Waals surface area (Å²) in [5.74, 6) is 2.55. The zero-order valence-electron chi connectivity index (χ0n) is 13.1. The monoisotopic (exact) mass is 288 g/mol. The van der Waals surface area contributed by atoms with Crippen LogP contribution in [0.3, 0.4) is 0 Å². The van der Waals surface area contributed by atoms with Crippen LogP contribution in [-0.2, 0) is 0 Å². The average molecular weight is 288 g/mol. The van der Waals surface area contributed by atoms with Gasteiger partial charge in [0, 0.05) is 33.0 Å². The Bertz CT molecular complexity index is 599. The summed E-state index contributed by atoms with van der Waals surface area (Å²) < 4.78 is 2.03. The molecule has 0 aromatic carbocycles. The van der Waals surface area contributed by atoms with Gasteiger partial charge in [-0.25, -0.2) is 9.97 Å². The summed E-state index contributed by atoms with van der Waals surface area (Å²) in [6.07, 6.45) is 8.28. The number of nitrogens with zero attached hydrogens (tertiary/aromatic N) is 5. The molecule has 0 aliphatic carbocycles. The van der Waals surface area contributed by atoms with Gasteiger partial charge in [-0.1, -0.05) is 0 Å². The molecule has 0 atom stereocenters. The van der Waals surface area contributed by atoms with Gasteiger partial charge in [-0.3, -0.25) is 0 Å². The predicted molar refractivity (Wildman–Crippen MR) is 86.0 cm³/mol. The average Bonchev–Trinajstić information content (AvgIpc) is 2.96. The van der Waals surface area contributed by atoms with Gasteiger partial charge in [-0.15, -0.1) is 0 Å². The summed E-state index contributed by atoms with van der Waals surface area (Å²) >= 11 is 0. The lowest BCUT2D eigenvalue weighted by Gasteiger charge is -2.32. The highest BCUT2D eigenvalue weighted by Crippen LogP contribution is 2.23. The molecular formula is C15H24N6. The summed E-state index contributed by atoms with van der Waals surface area (Å²) in [5, 5.41) is 3.12. The molecule has 0 radical (unpaired) electrons. The fraction of sp³-hybridized carbons (Fsp3) is 0.600. The highest BCUT2D eigenvalue weighted by atomic mass is 15.2. The second-order valence-electron chi connectivity index (χ2n) is 5.99. The van der Waals surface area contributed by atoms with Crippen molar-refractivity contribution in [3.05, 3.63) is 18.6 Å². The summed E-state index contributed by atoms with van der Waals surface area (Å²) in [6, 6.07) is 0. The van der Waals surface area contributed by atoms with E-state index in [0.29, 0.717) is 0 Å². The lowest BCUT2D eigenvalue weighted by Crippen LogP contribution is -2.36. The summed E-state index contributed by atoms with van der Waals surface area (Å²) in [7, 11) is 6.21. The molecule has 2 aromatic rings.